The highest BCUT2D eigenvalue weighted by Gasteiger charge is 2.17. The number of rotatable bonds is 6. The number of halogens is 2. The number of fused-ring (bicyclic) bond motifs is 1. The minimum atomic E-state index is 0. The molecule has 1 saturated heterocycles. The Morgan fingerprint density at radius 1 is 1.00 bits per heavy atom. The van der Waals surface area contributed by atoms with Crippen molar-refractivity contribution in [1.82, 2.24) is 15.0 Å². The van der Waals surface area contributed by atoms with Crippen molar-refractivity contribution in [2.24, 2.45) is 5.10 Å². The fourth-order valence-corrected chi connectivity index (χ4v) is 3.97. The van der Waals surface area contributed by atoms with Crippen molar-refractivity contribution in [3.05, 3.63) is 52.0 Å². The van der Waals surface area contributed by atoms with Crippen molar-refractivity contribution in [2.75, 3.05) is 48.7 Å². The molecular weight excluding hydrogens is 526 g/mol. The Kier molecular flexibility index (Phi) is 7.66. The number of hydrogen-bond donors (Lipinski definition) is 2. The summed E-state index contributed by atoms with van der Waals surface area (Å²) >= 11 is 3.59. The van der Waals surface area contributed by atoms with E-state index in [0.717, 1.165) is 27.0 Å². The molecule has 3 aromatic rings. The molecule has 0 amide bonds. The van der Waals surface area contributed by atoms with E-state index in [2.05, 4.69) is 51.6 Å². The predicted molar refractivity (Wildman–Crippen MR) is 136 cm³/mol. The van der Waals surface area contributed by atoms with Crippen LogP contribution in [0.2, 0.25) is 0 Å². The standard InChI is InChI=1S/C22H22BrN7O3.ClH/c1-14-2-4-17(16(23)10-14)25-20-26-21(28-22(27-20)30-6-8-31-9-7-30)29-24-12-15-3-5-18-19(11-15)33-13-32-18;/h2-5,10-12H,6-9,13H2,1H3,(H2,25,26,27,28,29);1H. The maximum absolute atomic E-state index is 5.46. The molecule has 5 rings (SSSR count). The van der Waals surface area contributed by atoms with Crippen LogP contribution >= 0.6 is 28.3 Å². The summed E-state index contributed by atoms with van der Waals surface area (Å²) in [5, 5.41) is 7.56. The SMILES string of the molecule is Cc1ccc(Nc2nc(NN=Cc3ccc4c(c3)OCO4)nc(N3CCOCC3)n2)c(Br)c1.Cl. The molecule has 34 heavy (non-hydrogen) atoms. The summed E-state index contributed by atoms with van der Waals surface area (Å²) in [6.07, 6.45) is 1.67. The van der Waals surface area contributed by atoms with E-state index in [1.165, 1.54) is 0 Å². The zero-order valence-corrected chi connectivity index (χ0v) is 20.7. The molecule has 3 heterocycles. The van der Waals surface area contributed by atoms with E-state index in [9.17, 15) is 0 Å². The minimum Gasteiger partial charge on any atom is -0.454 e. The number of benzene rings is 2. The van der Waals surface area contributed by atoms with Gasteiger partial charge in [0.25, 0.3) is 0 Å². The van der Waals surface area contributed by atoms with Crippen molar-refractivity contribution in [3.63, 3.8) is 0 Å². The number of hydrazone groups is 1. The monoisotopic (exact) mass is 547 g/mol. The van der Waals surface area contributed by atoms with Crippen LogP contribution in [0.3, 0.4) is 0 Å². The summed E-state index contributed by atoms with van der Waals surface area (Å²) in [6.45, 7) is 4.94. The van der Waals surface area contributed by atoms with Gasteiger partial charge in [-0.2, -0.15) is 20.1 Å². The molecule has 1 fully saturated rings. The Hall–Kier alpha value is -3.15. The highest BCUT2D eigenvalue weighted by Crippen LogP contribution is 2.32. The molecule has 0 atom stereocenters. The van der Waals surface area contributed by atoms with Gasteiger partial charge in [0.15, 0.2) is 11.5 Å². The molecule has 1 aromatic heterocycles. The Bertz CT molecular complexity index is 1190. The van der Waals surface area contributed by atoms with E-state index in [0.29, 0.717) is 49.9 Å². The first-order valence-corrected chi connectivity index (χ1v) is 11.2. The van der Waals surface area contributed by atoms with E-state index >= 15 is 0 Å². The number of hydrogen-bond acceptors (Lipinski definition) is 10. The molecule has 0 radical (unpaired) electrons. The molecule has 10 nitrogen and oxygen atoms in total. The first kappa shape index (κ1) is 24.0. The quantitative estimate of drug-likeness (QED) is 0.347. The smallest absolute Gasteiger partial charge is 0.250 e. The van der Waals surface area contributed by atoms with Gasteiger partial charge in [0.05, 0.1) is 25.1 Å². The third-order valence-electron chi connectivity index (χ3n) is 5.06. The van der Waals surface area contributed by atoms with Gasteiger partial charge >= 0.3 is 0 Å². The van der Waals surface area contributed by atoms with Crippen molar-refractivity contribution in [2.45, 2.75) is 6.92 Å². The highest BCUT2D eigenvalue weighted by molar-refractivity contribution is 9.10. The van der Waals surface area contributed by atoms with Gasteiger partial charge in [-0.05, 0) is 64.3 Å². The molecular formula is C22H23BrClN7O3. The third kappa shape index (κ3) is 5.66. The van der Waals surface area contributed by atoms with Crippen molar-refractivity contribution in [1.29, 1.82) is 0 Å². The van der Waals surface area contributed by atoms with Gasteiger partial charge in [-0.15, -0.1) is 12.4 Å². The third-order valence-corrected chi connectivity index (χ3v) is 5.72. The van der Waals surface area contributed by atoms with Crippen LogP contribution < -0.4 is 25.1 Å². The highest BCUT2D eigenvalue weighted by atomic mass is 79.9. The second kappa shape index (κ2) is 10.9. The summed E-state index contributed by atoms with van der Waals surface area (Å²) in [4.78, 5) is 15.7. The molecule has 2 aliphatic heterocycles. The first-order valence-electron chi connectivity index (χ1n) is 10.4. The molecule has 2 N–H and O–H groups in total. The van der Waals surface area contributed by atoms with Crippen LogP contribution in [0.1, 0.15) is 11.1 Å². The number of nitrogens with zero attached hydrogens (tertiary/aromatic N) is 5. The van der Waals surface area contributed by atoms with E-state index in [1.807, 2.05) is 43.3 Å². The van der Waals surface area contributed by atoms with Gasteiger partial charge in [-0.1, -0.05) is 6.07 Å². The van der Waals surface area contributed by atoms with Gasteiger partial charge < -0.3 is 24.4 Å². The Balaban J connectivity index is 0.00000274. The van der Waals surface area contributed by atoms with E-state index < -0.39 is 0 Å². The second-order valence-electron chi connectivity index (χ2n) is 7.47. The van der Waals surface area contributed by atoms with Crippen molar-refractivity contribution < 1.29 is 14.2 Å². The van der Waals surface area contributed by atoms with E-state index in [-0.39, 0.29) is 19.2 Å². The summed E-state index contributed by atoms with van der Waals surface area (Å²) in [7, 11) is 0. The topological polar surface area (TPSA) is 106 Å². The molecule has 0 bridgehead atoms. The van der Waals surface area contributed by atoms with Crippen LogP contribution in [-0.4, -0.2) is 54.3 Å². The largest absolute Gasteiger partial charge is 0.454 e. The van der Waals surface area contributed by atoms with Crippen LogP contribution in [-0.2, 0) is 4.74 Å². The van der Waals surface area contributed by atoms with Crippen molar-refractivity contribution >= 4 is 58.1 Å². The number of morpholine rings is 1. The molecule has 2 aliphatic rings. The lowest BCUT2D eigenvalue weighted by atomic mass is 10.2. The second-order valence-corrected chi connectivity index (χ2v) is 8.33. The number of aromatic nitrogens is 3. The van der Waals surface area contributed by atoms with Gasteiger partial charge in [-0.25, -0.2) is 5.43 Å². The van der Waals surface area contributed by atoms with Crippen LogP contribution in [0, 0.1) is 6.92 Å². The zero-order chi connectivity index (χ0) is 22.6. The average Bonchev–Trinajstić information content (AvgIpc) is 3.29. The fourth-order valence-electron chi connectivity index (χ4n) is 3.38. The maximum atomic E-state index is 5.46. The molecule has 0 aliphatic carbocycles. The van der Waals surface area contributed by atoms with Gasteiger partial charge in [0.1, 0.15) is 0 Å². The van der Waals surface area contributed by atoms with Crippen LogP contribution in [0.15, 0.2) is 46.0 Å². The summed E-state index contributed by atoms with van der Waals surface area (Å²) in [5.41, 5.74) is 5.78. The normalized spacial score (nSPS) is 14.7. The Labute approximate surface area is 211 Å². The lowest BCUT2D eigenvalue weighted by Gasteiger charge is -2.27. The zero-order valence-electron chi connectivity index (χ0n) is 18.3. The number of nitrogens with one attached hydrogen (secondary N) is 2. The number of aryl methyl sites for hydroxylation is 1. The van der Waals surface area contributed by atoms with Gasteiger partial charge in [0, 0.05) is 17.6 Å². The lowest BCUT2D eigenvalue weighted by molar-refractivity contribution is 0.122. The summed E-state index contributed by atoms with van der Waals surface area (Å²) in [6, 6.07) is 11.6. The van der Waals surface area contributed by atoms with Crippen LogP contribution in [0.4, 0.5) is 23.5 Å². The average molecular weight is 549 g/mol. The van der Waals surface area contributed by atoms with Gasteiger partial charge in [0.2, 0.25) is 24.6 Å². The van der Waals surface area contributed by atoms with Crippen molar-refractivity contribution in [3.8, 4) is 11.5 Å². The maximum Gasteiger partial charge on any atom is 0.250 e. The van der Waals surface area contributed by atoms with Crippen LogP contribution in [0.25, 0.3) is 0 Å². The predicted octanol–water partition coefficient (Wildman–Crippen LogP) is 4.12. The fraction of sp³-hybridized carbons (Fsp3) is 0.273. The van der Waals surface area contributed by atoms with Crippen LogP contribution in [0.5, 0.6) is 11.5 Å². The van der Waals surface area contributed by atoms with E-state index in [4.69, 9.17) is 14.2 Å². The molecule has 0 saturated carbocycles. The van der Waals surface area contributed by atoms with Gasteiger partial charge in [-0.3, -0.25) is 0 Å². The Morgan fingerprint density at radius 3 is 2.62 bits per heavy atom. The molecule has 0 spiro atoms. The lowest BCUT2D eigenvalue weighted by Crippen LogP contribution is -2.37. The number of ether oxygens (including phenoxy) is 3. The molecule has 178 valence electrons. The Morgan fingerprint density at radius 2 is 1.79 bits per heavy atom. The number of anilines is 4. The molecule has 2 aromatic carbocycles. The minimum absolute atomic E-state index is 0. The van der Waals surface area contributed by atoms with E-state index in [1.54, 1.807) is 6.21 Å². The summed E-state index contributed by atoms with van der Waals surface area (Å²) in [5.74, 6) is 2.72. The molecule has 12 heteroatoms. The molecule has 0 unspecified atom stereocenters. The summed E-state index contributed by atoms with van der Waals surface area (Å²) < 4.78 is 17.1. The first-order chi connectivity index (χ1) is 16.1.